The van der Waals surface area contributed by atoms with Crippen LogP contribution in [-0.2, 0) is 7.05 Å². The van der Waals surface area contributed by atoms with E-state index in [1.54, 1.807) is 44.4 Å². The fourth-order valence-electron chi connectivity index (χ4n) is 2.55. The van der Waals surface area contributed by atoms with Crippen LogP contribution >= 0.6 is 0 Å². The minimum atomic E-state index is -0.424. The van der Waals surface area contributed by atoms with Crippen molar-refractivity contribution >= 4 is 5.69 Å². The Morgan fingerprint density at radius 1 is 1.08 bits per heavy atom. The van der Waals surface area contributed by atoms with Gasteiger partial charge in [0.25, 0.3) is 5.69 Å². The molecule has 0 aliphatic heterocycles. The molecule has 0 spiro atoms. The van der Waals surface area contributed by atoms with Crippen molar-refractivity contribution in [1.29, 1.82) is 0 Å². The van der Waals surface area contributed by atoms with Crippen LogP contribution in [0.15, 0.2) is 65.6 Å². The van der Waals surface area contributed by atoms with Crippen molar-refractivity contribution in [3.05, 3.63) is 86.8 Å². The van der Waals surface area contributed by atoms with E-state index in [9.17, 15) is 14.9 Å². The fourth-order valence-corrected chi connectivity index (χ4v) is 2.55. The Bertz CT molecular complexity index is 994. The Morgan fingerprint density at radius 2 is 1.80 bits per heavy atom. The monoisotopic (exact) mass is 336 g/mol. The Balaban J connectivity index is 2.18. The molecule has 2 aromatic carbocycles. The first-order chi connectivity index (χ1) is 12.0. The molecule has 0 N–H and O–H groups in total. The lowest BCUT2D eigenvalue weighted by molar-refractivity contribution is -0.385. The topological polar surface area (TPSA) is 74.4 Å². The molecule has 0 aliphatic carbocycles. The average Bonchev–Trinajstić information content (AvgIpc) is 2.58. The second kappa shape index (κ2) is 6.60. The molecule has 6 nitrogen and oxygen atoms in total. The zero-order valence-corrected chi connectivity index (χ0v) is 13.8. The third-order valence-electron chi connectivity index (χ3n) is 3.86. The van der Waals surface area contributed by atoms with E-state index in [1.807, 2.05) is 18.2 Å². The van der Waals surface area contributed by atoms with E-state index in [1.165, 1.54) is 16.7 Å². The number of nitro benzene ring substituents is 1. The van der Waals surface area contributed by atoms with E-state index >= 15 is 0 Å². The molecule has 1 aromatic heterocycles. The Kier molecular flexibility index (Phi) is 4.35. The van der Waals surface area contributed by atoms with Crippen molar-refractivity contribution in [1.82, 2.24) is 4.57 Å². The van der Waals surface area contributed by atoms with Crippen LogP contribution in [0.3, 0.4) is 0 Å². The highest BCUT2D eigenvalue weighted by Crippen LogP contribution is 2.37. The lowest BCUT2D eigenvalue weighted by atomic mass is 10.0. The van der Waals surface area contributed by atoms with Gasteiger partial charge < -0.3 is 9.30 Å². The summed E-state index contributed by atoms with van der Waals surface area (Å²) < 4.78 is 7.36. The summed E-state index contributed by atoms with van der Waals surface area (Å²) in [5, 5.41) is 11.3. The van der Waals surface area contributed by atoms with E-state index in [0.717, 1.165) is 0 Å². The van der Waals surface area contributed by atoms with Gasteiger partial charge in [0.1, 0.15) is 11.5 Å². The molecule has 0 unspecified atom stereocenters. The van der Waals surface area contributed by atoms with E-state index in [4.69, 9.17) is 4.74 Å². The summed E-state index contributed by atoms with van der Waals surface area (Å²) in [6.45, 7) is 1.67. The Morgan fingerprint density at radius 3 is 2.44 bits per heavy atom. The molecule has 0 bridgehead atoms. The molecule has 0 saturated heterocycles. The summed E-state index contributed by atoms with van der Waals surface area (Å²) in [5.41, 5.74) is 1.57. The van der Waals surface area contributed by atoms with Gasteiger partial charge in [0.05, 0.1) is 4.92 Å². The Labute approximate surface area is 144 Å². The van der Waals surface area contributed by atoms with Gasteiger partial charge in [-0.3, -0.25) is 14.9 Å². The first kappa shape index (κ1) is 16.4. The van der Waals surface area contributed by atoms with E-state index in [-0.39, 0.29) is 11.2 Å². The third kappa shape index (κ3) is 3.42. The van der Waals surface area contributed by atoms with E-state index < -0.39 is 4.92 Å². The number of benzene rings is 2. The van der Waals surface area contributed by atoms with Crippen molar-refractivity contribution in [2.75, 3.05) is 0 Å². The maximum Gasteiger partial charge on any atom is 0.273 e. The number of para-hydroxylation sites is 1. The van der Waals surface area contributed by atoms with Gasteiger partial charge in [0.2, 0.25) is 5.56 Å². The van der Waals surface area contributed by atoms with Crippen molar-refractivity contribution in [2.24, 2.45) is 7.05 Å². The van der Waals surface area contributed by atoms with Crippen LogP contribution in [0.2, 0.25) is 0 Å². The minimum Gasteiger partial charge on any atom is -0.457 e. The zero-order chi connectivity index (χ0) is 18.0. The number of nitro groups is 1. The van der Waals surface area contributed by atoms with Gasteiger partial charge in [-0.25, -0.2) is 0 Å². The summed E-state index contributed by atoms with van der Waals surface area (Å²) in [5.74, 6) is 1.12. The molecule has 25 heavy (non-hydrogen) atoms. The number of hydrogen-bond acceptors (Lipinski definition) is 4. The van der Waals surface area contributed by atoms with E-state index in [2.05, 4.69) is 0 Å². The van der Waals surface area contributed by atoms with Crippen LogP contribution < -0.4 is 10.3 Å². The molecule has 3 rings (SSSR count). The number of nitrogens with zero attached hydrogens (tertiary/aromatic N) is 2. The average molecular weight is 336 g/mol. The van der Waals surface area contributed by atoms with Crippen LogP contribution in [-0.4, -0.2) is 9.49 Å². The van der Waals surface area contributed by atoms with Crippen molar-refractivity contribution < 1.29 is 9.66 Å². The molecule has 0 fully saturated rings. The van der Waals surface area contributed by atoms with E-state index in [0.29, 0.717) is 28.2 Å². The first-order valence-corrected chi connectivity index (χ1v) is 7.64. The van der Waals surface area contributed by atoms with Crippen molar-refractivity contribution in [3.8, 4) is 22.6 Å². The number of ether oxygens (including phenoxy) is 1. The summed E-state index contributed by atoms with van der Waals surface area (Å²) in [6, 6.07) is 15.4. The predicted octanol–water partition coefficient (Wildman–Crippen LogP) is 4.06. The highest BCUT2D eigenvalue weighted by Gasteiger charge is 2.18. The third-order valence-corrected chi connectivity index (χ3v) is 3.86. The van der Waals surface area contributed by atoms with Crippen LogP contribution in [0.25, 0.3) is 11.1 Å². The molecular weight excluding hydrogens is 320 g/mol. The first-order valence-electron chi connectivity index (χ1n) is 7.64. The van der Waals surface area contributed by atoms with Gasteiger partial charge in [0, 0.05) is 42.1 Å². The predicted molar refractivity (Wildman–Crippen MR) is 95.0 cm³/mol. The second-order valence-electron chi connectivity index (χ2n) is 5.67. The maximum absolute atomic E-state index is 11.6. The van der Waals surface area contributed by atoms with Gasteiger partial charge in [0.15, 0.2) is 0 Å². The molecule has 0 radical (unpaired) electrons. The number of aryl methyl sites for hydroxylation is 2. The quantitative estimate of drug-likeness (QED) is 0.532. The van der Waals surface area contributed by atoms with Crippen molar-refractivity contribution in [2.45, 2.75) is 6.92 Å². The minimum absolute atomic E-state index is 0.00395. The molecule has 0 saturated carbocycles. The van der Waals surface area contributed by atoms with Crippen LogP contribution in [0.5, 0.6) is 11.5 Å². The van der Waals surface area contributed by atoms with Gasteiger partial charge in [-0.15, -0.1) is 0 Å². The molecule has 0 amide bonds. The maximum atomic E-state index is 11.6. The highest BCUT2D eigenvalue weighted by atomic mass is 16.6. The van der Waals surface area contributed by atoms with Gasteiger partial charge in [-0.05, 0) is 31.2 Å². The van der Waals surface area contributed by atoms with Crippen LogP contribution in [0, 0.1) is 17.0 Å². The summed E-state index contributed by atoms with van der Waals surface area (Å²) in [7, 11) is 1.63. The summed E-state index contributed by atoms with van der Waals surface area (Å²) in [4.78, 5) is 22.5. The van der Waals surface area contributed by atoms with Crippen LogP contribution in [0.1, 0.15) is 5.56 Å². The summed E-state index contributed by atoms with van der Waals surface area (Å²) >= 11 is 0. The molecular formula is C19H16N2O4. The molecule has 0 aliphatic rings. The van der Waals surface area contributed by atoms with Crippen LogP contribution in [0.4, 0.5) is 5.69 Å². The second-order valence-corrected chi connectivity index (χ2v) is 5.67. The molecule has 0 atom stereocenters. The number of hydrogen-bond donors (Lipinski definition) is 0. The van der Waals surface area contributed by atoms with Gasteiger partial charge in [-0.2, -0.15) is 0 Å². The smallest absolute Gasteiger partial charge is 0.273 e. The molecule has 6 heteroatoms. The Hall–Kier alpha value is -3.41. The molecule has 1 heterocycles. The molecule has 3 aromatic rings. The van der Waals surface area contributed by atoms with Crippen molar-refractivity contribution in [3.63, 3.8) is 0 Å². The largest absolute Gasteiger partial charge is 0.457 e. The molecule has 126 valence electrons. The fraction of sp³-hybridized carbons (Fsp3) is 0.105. The van der Waals surface area contributed by atoms with Gasteiger partial charge in [-0.1, -0.05) is 18.2 Å². The summed E-state index contributed by atoms with van der Waals surface area (Å²) in [6.07, 6.45) is 1.63. The van der Waals surface area contributed by atoms with Gasteiger partial charge >= 0.3 is 0 Å². The number of pyridine rings is 1. The standard InChI is InChI=1S/C19H16N2O4/c1-13-10-18(25-15-6-4-3-5-7-15)16(11-17(13)21(23)24)14-8-9-19(22)20(2)12-14/h3-12H,1-2H3. The highest BCUT2D eigenvalue weighted by molar-refractivity contribution is 5.74. The number of aromatic nitrogens is 1. The number of rotatable bonds is 4. The SMILES string of the molecule is Cc1cc(Oc2ccccc2)c(-c2ccc(=O)n(C)c2)cc1[N+](=O)[O-]. The normalized spacial score (nSPS) is 10.5. The lowest BCUT2D eigenvalue weighted by Gasteiger charge is -2.13. The lowest BCUT2D eigenvalue weighted by Crippen LogP contribution is -2.14. The zero-order valence-electron chi connectivity index (χ0n) is 13.8.